The normalized spacial score (nSPS) is 13.6. The van der Waals surface area contributed by atoms with E-state index in [1.807, 2.05) is 6.92 Å². The van der Waals surface area contributed by atoms with Crippen molar-refractivity contribution in [1.82, 2.24) is 5.32 Å². The van der Waals surface area contributed by atoms with Gasteiger partial charge in [-0.3, -0.25) is 4.79 Å². The number of esters is 1. The Hall–Kier alpha value is -1.69. The van der Waals surface area contributed by atoms with E-state index in [0.29, 0.717) is 19.4 Å². The van der Waals surface area contributed by atoms with Gasteiger partial charge in [0.05, 0.1) is 13.7 Å². The quantitative estimate of drug-likeness (QED) is 0.592. The molecule has 0 fully saturated rings. The lowest BCUT2D eigenvalue weighted by molar-refractivity contribution is -0.148. The maximum absolute atomic E-state index is 13.4. The molecule has 1 unspecified atom stereocenters. The summed E-state index contributed by atoms with van der Waals surface area (Å²) >= 11 is 0. The van der Waals surface area contributed by atoms with Crippen LogP contribution >= 0.6 is 0 Å². The average molecular weight is 301 g/mol. The summed E-state index contributed by atoms with van der Waals surface area (Å²) in [5.74, 6) is -2.24. The van der Waals surface area contributed by atoms with Gasteiger partial charge in [0, 0.05) is 0 Å². The van der Waals surface area contributed by atoms with Crippen molar-refractivity contribution in [3.8, 4) is 5.75 Å². The van der Waals surface area contributed by atoms with Gasteiger partial charge in [0.15, 0.2) is 17.4 Å². The van der Waals surface area contributed by atoms with E-state index in [4.69, 9.17) is 9.47 Å². The minimum Gasteiger partial charge on any atom is -0.488 e. The summed E-state index contributed by atoms with van der Waals surface area (Å²) in [6.07, 6.45) is 0.885. The van der Waals surface area contributed by atoms with Gasteiger partial charge in [0.1, 0.15) is 5.54 Å². The minimum atomic E-state index is -0.833. The van der Waals surface area contributed by atoms with Crippen LogP contribution in [-0.2, 0) is 9.53 Å². The van der Waals surface area contributed by atoms with Gasteiger partial charge in [0.25, 0.3) is 0 Å². The van der Waals surface area contributed by atoms with Crippen LogP contribution in [0.5, 0.6) is 5.75 Å². The summed E-state index contributed by atoms with van der Waals surface area (Å²) in [7, 11) is 1.32. The summed E-state index contributed by atoms with van der Waals surface area (Å²) < 4.78 is 36.6. The molecule has 0 bridgehead atoms. The first-order valence-corrected chi connectivity index (χ1v) is 6.85. The monoisotopic (exact) mass is 301 g/mol. The number of likely N-dealkylation sites (N-methyl/N-ethyl adjacent to an activating group) is 1. The predicted molar refractivity (Wildman–Crippen MR) is 75.2 cm³/mol. The third-order valence-electron chi connectivity index (χ3n) is 3.19. The molecule has 1 rings (SSSR count). The summed E-state index contributed by atoms with van der Waals surface area (Å²) in [6, 6.07) is 3.54. The van der Waals surface area contributed by atoms with E-state index in [2.05, 4.69) is 5.32 Å². The molecule has 0 aliphatic carbocycles. The van der Waals surface area contributed by atoms with Gasteiger partial charge in [-0.05, 0) is 38.4 Å². The van der Waals surface area contributed by atoms with Crippen LogP contribution in [0.2, 0.25) is 0 Å². The van der Waals surface area contributed by atoms with E-state index in [1.165, 1.54) is 13.2 Å². The Morgan fingerprint density at radius 2 is 1.95 bits per heavy atom. The number of halogens is 2. The van der Waals surface area contributed by atoms with Crippen LogP contribution in [0.4, 0.5) is 8.78 Å². The molecule has 6 heteroatoms. The van der Waals surface area contributed by atoms with E-state index in [-0.39, 0.29) is 18.3 Å². The van der Waals surface area contributed by atoms with Crippen LogP contribution in [0, 0.1) is 11.6 Å². The Balaban J connectivity index is 2.54. The highest BCUT2D eigenvalue weighted by Crippen LogP contribution is 2.22. The van der Waals surface area contributed by atoms with Gasteiger partial charge >= 0.3 is 5.97 Å². The lowest BCUT2D eigenvalue weighted by Gasteiger charge is -2.27. The number of carbonyl (C=O) groups is 1. The zero-order valence-corrected chi connectivity index (χ0v) is 12.5. The first-order chi connectivity index (χ1) is 9.94. The molecule has 0 saturated heterocycles. The van der Waals surface area contributed by atoms with Crippen molar-refractivity contribution in [2.45, 2.75) is 32.2 Å². The number of benzene rings is 1. The number of ether oxygens (including phenoxy) is 2. The molecule has 0 saturated carbocycles. The molecular weight excluding hydrogens is 280 g/mol. The fourth-order valence-electron chi connectivity index (χ4n) is 2.10. The molecule has 0 radical (unpaired) electrons. The number of hydrogen-bond donors (Lipinski definition) is 1. The van der Waals surface area contributed by atoms with Gasteiger partial charge in [-0.25, -0.2) is 8.78 Å². The van der Waals surface area contributed by atoms with E-state index < -0.39 is 17.2 Å². The molecular formula is C15H21F2NO3. The molecule has 118 valence electrons. The lowest BCUT2D eigenvalue weighted by Crippen LogP contribution is -2.50. The van der Waals surface area contributed by atoms with Crippen LogP contribution in [0.1, 0.15) is 26.7 Å². The number of rotatable bonds is 8. The fraction of sp³-hybridized carbons (Fsp3) is 0.533. The molecule has 4 nitrogen and oxygen atoms in total. The van der Waals surface area contributed by atoms with Gasteiger partial charge in [-0.2, -0.15) is 0 Å². The smallest absolute Gasteiger partial charge is 0.325 e. The fourth-order valence-corrected chi connectivity index (χ4v) is 2.10. The van der Waals surface area contributed by atoms with E-state index in [9.17, 15) is 13.6 Å². The maximum Gasteiger partial charge on any atom is 0.325 e. The number of nitrogens with one attached hydrogen (secondary N) is 1. The predicted octanol–water partition coefficient (Wildman–Crippen LogP) is 2.67. The van der Waals surface area contributed by atoms with Crippen molar-refractivity contribution in [3.63, 3.8) is 0 Å². The molecule has 0 amide bonds. The maximum atomic E-state index is 13.4. The number of carbonyl (C=O) groups excluding carboxylic acids is 1. The molecule has 0 spiro atoms. The van der Waals surface area contributed by atoms with Gasteiger partial charge in [0.2, 0.25) is 0 Å². The lowest BCUT2D eigenvalue weighted by atomic mass is 9.96. The Morgan fingerprint density at radius 1 is 1.33 bits per heavy atom. The third-order valence-corrected chi connectivity index (χ3v) is 3.19. The second-order valence-electron chi connectivity index (χ2n) is 4.86. The minimum absolute atomic E-state index is 0.107. The van der Waals surface area contributed by atoms with Crippen LogP contribution in [0.15, 0.2) is 18.2 Å². The van der Waals surface area contributed by atoms with E-state index >= 15 is 0 Å². The zero-order valence-electron chi connectivity index (χ0n) is 12.5. The van der Waals surface area contributed by atoms with Crippen LogP contribution in [-0.4, -0.2) is 31.8 Å². The molecule has 1 atom stereocenters. The van der Waals surface area contributed by atoms with Gasteiger partial charge < -0.3 is 14.8 Å². The molecule has 0 aliphatic rings. The van der Waals surface area contributed by atoms with E-state index in [0.717, 1.165) is 12.1 Å². The summed E-state index contributed by atoms with van der Waals surface area (Å²) in [6.45, 7) is 4.32. The van der Waals surface area contributed by atoms with Crippen molar-refractivity contribution in [3.05, 3.63) is 29.8 Å². The van der Waals surface area contributed by atoms with Gasteiger partial charge in [-0.1, -0.05) is 13.0 Å². The first kappa shape index (κ1) is 17.4. The largest absolute Gasteiger partial charge is 0.488 e. The molecule has 0 aromatic heterocycles. The Kier molecular flexibility index (Phi) is 6.55. The molecule has 1 aromatic carbocycles. The van der Waals surface area contributed by atoms with Crippen molar-refractivity contribution in [2.75, 3.05) is 20.3 Å². The highest BCUT2D eigenvalue weighted by molar-refractivity contribution is 5.80. The molecule has 1 aromatic rings. The summed E-state index contributed by atoms with van der Waals surface area (Å²) in [5.41, 5.74) is -0.833. The first-order valence-electron chi connectivity index (χ1n) is 6.85. The second-order valence-corrected chi connectivity index (χ2v) is 4.86. The number of methoxy groups -OCH3 is 1. The highest BCUT2D eigenvalue weighted by Gasteiger charge is 2.32. The summed E-state index contributed by atoms with van der Waals surface area (Å²) in [5, 5.41) is 3.05. The van der Waals surface area contributed by atoms with Crippen LogP contribution in [0.25, 0.3) is 0 Å². The molecule has 0 heterocycles. The third kappa shape index (κ3) is 4.67. The molecule has 0 aliphatic heterocycles. The summed E-state index contributed by atoms with van der Waals surface area (Å²) in [4.78, 5) is 11.8. The van der Waals surface area contributed by atoms with Crippen molar-refractivity contribution >= 4 is 5.97 Å². The van der Waals surface area contributed by atoms with Crippen molar-refractivity contribution in [1.29, 1.82) is 0 Å². The topological polar surface area (TPSA) is 47.6 Å². The second kappa shape index (κ2) is 7.93. The van der Waals surface area contributed by atoms with Gasteiger partial charge in [-0.15, -0.1) is 0 Å². The Morgan fingerprint density at radius 3 is 2.48 bits per heavy atom. The average Bonchev–Trinajstić information content (AvgIpc) is 2.45. The standard InChI is InChI=1S/C15H21F2NO3/c1-4-18-15(2,14(19)20-3)9-6-10-21-13-11(16)7-5-8-12(13)17/h5,7-8,18H,4,6,9-10H2,1-3H3. The zero-order chi connectivity index (χ0) is 15.9. The van der Waals surface area contributed by atoms with Crippen molar-refractivity contribution in [2.24, 2.45) is 0 Å². The van der Waals surface area contributed by atoms with Crippen LogP contribution in [0.3, 0.4) is 0 Å². The SMILES string of the molecule is CCNC(C)(CCCOc1c(F)cccc1F)C(=O)OC. The Labute approximate surface area is 123 Å². The molecule has 21 heavy (non-hydrogen) atoms. The number of hydrogen-bond acceptors (Lipinski definition) is 4. The van der Waals surface area contributed by atoms with E-state index in [1.54, 1.807) is 6.92 Å². The number of para-hydroxylation sites is 1. The Bertz CT molecular complexity index is 462. The molecule has 1 N–H and O–H groups in total. The van der Waals surface area contributed by atoms with Crippen LogP contribution < -0.4 is 10.1 Å². The highest BCUT2D eigenvalue weighted by atomic mass is 19.1. The van der Waals surface area contributed by atoms with Crippen molar-refractivity contribution < 1.29 is 23.0 Å².